The number of nitrogens with one attached hydrogen (secondary N) is 1. The molecule has 2 aliphatic rings. The molecule has 0 atom stereocenters. The highest BCUT2D eigenvalue weighted by Crippen LogP contribution is 2.25. The minimum absolute atomic E-state index is 0.122. The van der Waals surface area contributed by atoms with E-state index in [0.29, 0.717) is 17.1 Å². The van der Waals surface area contributed by atoms with Crippen LogP contribution in [0.3, 0.4) is 0 Å². The van der Waals surface area contributed by atoms with Gasteiger partial charge in [-0.05, 0) is 48.7 Å². The number of anilines is 1. The summed E-state index contributed by atoms with van der Waals surface area (Å²) in [6, 6.07) is 15.6. The Morgan fingerprint density at radius 3 is 2.43 bits per heavy atom. The fraction of sp³-hybridized carbons (Fsp3) is 0.379. The van der Waals surface area contributed by atoms with Gasteiger partial charge < -0.3 is 15.0 Å². The van der Waals surface area contributed by atoms with Crippen LogP contribution in [0.5, 0.6) is 5.75 Å². The van der Waals surface area contributed by atoms with E-state index >= 15 is 0 Å². The summed E-state index contributed by atoms with van der Waals surface area (Å²) in [4.78, 5) is 29.5. The SMILES string of the molecule is [C-]#[N+]c1ccc(N2CCC(Oc3ccc(C(=O)NC4CCN(Cc5cccnc5)CC4)nc3)CC2)cc1. The molecular weight excluding hydrogens is 464 g/mol. The Morgan fingerprint density at radius 2 is 1.78 bits per heavy atom. The highest BCUT2D eigenvalue weighted by Gasteiger charge is 2.23. The first-order chi connectivity index (χ1) is 18.2. The van der Waals surface area contributed by atoms with Crippen molar-refractivity contribution in [2.45, 2.75) is 44.4 Å². The summed E-state index contributed by atoms with van der Waals surface area (Å²) in [6.45, 7) is 11.7. The summed E-state index contributed by atoms with van der Waals surface area (Å²) < 4.78 is 6.15. The van der Waals surface area contributed by atoms with Crippen LogP contribution < -0.4 is 15.0 Å². The van der Waals surface area contributed by atoms with Gasteiger partial charge in [-0.1, -0.05) is 18.2 Å². The fourth-order valence-electron chi connectivity index (χ4n) is 4.99. The van der Waals surface area contributed by atoms with Crippen LogP contribution in [0.2, 0.25) is 0 Å². The maximum absolute atomic E-state index is 12.7. The number of pyridine rings is 2. The topological polar surface area (TPSA) is 75.0 Å². The molecule has 2 saturated heterocycles. The molecule has 2 aliphatic heterocycles. The number of nitrogens with zero attached hydrogens (tertiary/aromatic N) is 5. The van der Waals surface area contributed by atoms with Gasteiger partial charge >= 0.3 is 0 Å². The molecule has 3 aromatic rings. The average molecular weight is 497 g/mol. The number of likely N-dealkylation sites (tertiary alicyclic amines) is 1. The lowest BCUT2D eigenvalue weighted by Gasteiger charge is -2.33. The molecule has 37 heavy (non-hydrogen) atoms. The van der Waals surface area contributed by atoms with Crippen LogP contribution in [0.1, 0.15) is 41.7 Å². The number of amides is 1. The molecule has 4 heterocycles. The molecule has 0 unspecified atom stereocenters. The number of carbonyl (C=O) groups excluding carboxylic acids is 1. The van der Waals surface area contributed by atoms with E-state index in [4.69, 9.17) is 11.3 Å². The number of carbonyl (C=O) groups is 1. The maximum atomic E-state index is 12.7. The standard InChI is InChI=1S/C29H32N6O2/c1-30-23-4-6-25(7-5-23)35-17-12-26(13-18-35)37-27-8-9-28(32-20-27)29(36)33-24-10-15-34(16-11-24)21-22-3-2-14-31-19-22/h2-9,14,19-20,24,26H,10-13,15-18,21H2,(H,33,36). The van der Waals surface area contributed by atoms with Crippen molar-refractivity contribution in [1.29, 1.82) is 0 Å². The normalized spacial score (nSPS) is 17.2. The van der Waals surface area contributed by atoms with Gasteiger partial charge in [-0.3, -0.25) is 14.7 Å². The van der Waals surface area contributed by atoms with Crippen LogP contribution in [0.25, 0.3) is 4.85 Å². The van der Waals surface area contributed by atoms with Crippen molar-refractivity contribution in [2.24, 2.45) is 0 Å². The third-order valence-corrected chi connectivity index (χ3v) is 7.11. The van der Waals surface area contributed by atoms with E-state index in [2.05, 4.69) is 36.0 Å². The number of ether oxygens (including phenoxy) is 1. The predicted molar refractivity (Wildman–Crippen MR) is 143 cm³/mol. The number of benzene rings is 1. The van der Waals surface area contributed by atoms with Gasteiger partial charge in [0.05, 0.1) is 12.8 Å². The summed E-state index contributed by atoms with van der Waals surface area (Å²) in [6.07, 6.45) is 9.15. The predicted octanol–water partition coefficient (Wildman–Crippen LogP) is 4.47. The van der Waals surface area contributed by atoms with Crippen LogP contribution >= 0.6 is 0 Å². The quantitative estimate of drug-likeness (QED) is 0.487. The molecule has 0 aliphatic carbocycles. The Bertz CT molecular complexity index is 1190. The molecule has 2 aromatic heterocycles. The molecule has 0 saturated carbocycles. The molecule has 5 rings (SSSR count). The highest BCUT2D eigenvalue weighted by atomic mass is 16.5. The summed E-state index contributed by atoms with van der Waals surface area (Å²) in [5.74, 6) is 0.565. The van der Waals surface area contributed by atoms with E-state index < -0.39 is 0 Å². The van der Waals surface area contributed by atoms with Gasteiger partial charge in [-0.15, -0.1) is 0 Å². The number of rotatable bonds is 7. The molecule has 1 N–H and O–H groups in total. The van der Waals surface area contributed by atoms with Crippen LogP contribution in [-0.2, 0) is 6.54 Å². The highest BCUT2D eigenvalue weighted by molar-refractivity contribution is 5.92. The van der Waals surface area contributed by atoms with Crippen molar-refractivity contribution >= 4 is 17.3 Å². The van der Waals surface area contributed by atoms with Gasteiger partial charge in [0.25, 0.3) is 5.91 Å². The Balaban J connectivity index is 1.04. The van der Waals surface area contributed by atoms with E-state index in [0.717, 1.165) is 64.1 Å². The van der Waals surface area contributed by atoms with E-state index in [-0.39, 0.29) is 18.1 Å². The number of hydrogen-bond donors (Lipinski definition) is 1. The third kappa shape index (κ3) is 6.63. The first-order valence-corrected chi connectivity index (χ1v) is 12.9. The Morgan fingerprint density at radius 1 is 1.00 bits per heavy atom. The average Bonchev–Trinajstić information content (AvgIpc) is 2.95. The van der Waals surface area contributed by atoms with Crippen LogP contribution in [0, 0.1) is 6.57 Å². The minimum atomic E-state index is -0.130. The van der Waals surface area contributed by atoms with Crippen LogP contribution in [0.4, 0.5) is 11.4 Å². The van der Waals surface area contributed by atoms with Gasteiger partial charge in [0.2, 0.25) is 0 Å². The molecule has 0 spiro atoms. The van der Waals surface area contributed by atoms with Gasteiger partial charge in [0, 0.05) is 69.7 Å². The molecule has 1 amide bonds. The summed E-state index contributed by atoms with van der Waals surface area (Å²) in [5, 5.41) is 3.14. The minimum Gasteiger partial charge on any atom is -0.489 e. The van der Waals surface area contributed by atoms with E-state index in [1.165, 1.54) is 5.56 Å². The number of aromatic nitrogens is 2. The molecule has 0 radical (unpaired) electrons. The fourth-order valence-corrected chi connectivity index (χ4v) is 4.99. The smallest absolute Gasteiger partial charge is 0.270 e. The Kier molecular flexibility index (Phi) is 7.92. The molecule has 190 valence electrons. The third-order valence-electron chi connectivity index (χ3n) is 7.11. The van der Waals surface area contributed by atoms with Crippen molar-refractivity contribution in [3.63, 3.8) is 0 Å². The molecule has 1 aromatic carbocycles. The van der Waals surface area contributed by atoms with E-state index in [1.54, 1.807) is 18.5 Å². The molecule has 8 heteroatoms. The summed E-state index contributed by atoms with van der Waals surface area (Å²) in [5.41, 5.74) is 3.44. The summed E-state index contributed by atoms with van der Waals surface area (Å²) in [7, 11) is 0. The second-order valence-corrected chi connectivity index (χ2v) is 9.70. The summed E-state index contributed by atoms with van der Waals surface area (Å²) >= 11 is 0. The van der Waals surface area contributed by atoms with E-state index in [1.807, 2.05) is 42.6 Å². The van der Waals surface area contributed by atoms with Crippen molar-refractivity contribution in [3.8, 4) is 5.75 Å². The first-order valence-electron chi connectivity index (χ1n) is 12.9. The van der Waals surface area contributed by atoms with Crippen molar-refractivity contribution in [3.05, 3.63) is 89.8 Å². The molecule has 2 fully saturated rings. The lowest BCUT2D eigenvalue weighted by molar-refractivity contribution is 0.0903. The second-order valence-electron chi connectivity index (χ2n) is 9.70. The zero-order valence-corrected chi connectivity index (χ0v) is 20.9. The van der Waals surface area contributed by atoms with E-state index in [9.17, 15) is 4.79 Å². The van der Waals surface area contributed by atoms with Crippen LogP contribution in [0.15, 0.2) is 67.1 Å². The van der Waals surface area contributed by atoms with Crippen molar-refractivity contribution < 1.29 is 9.53 Å². The van der Waals surface area contributed by atoms with Crippen LogP contribution in [-0.4, -0.2) is 59.1 Å². The molecular formula is C29H32N6O2. The Labute approximate surface area is 218 Å². The van der Waals surface area contributed by atoms with Gasteiger partial charge in [0.15, 0.2) is 5.69 Å². The number of piperidine rings is 2. The zero-order valence-electron chi connectivity index (χ0n) is 20.9. The Hall–Kier alpha value is -3.96. The first kappa shape index (κ1) is 24.7. The maximum Gasteiger partial charge on any atom is 0.270 e. The zero-order chi connectivity index (χ0) is 25.5. The van der Waals surface area contributed by atoms with Gasteiger partial charge in [0.1, 0.15) is 17.5 Å². The molecule has 0 bridgehead atoms. The van der Waals surface area contributed by atoms with Gasteiger partial charge in [-0.2, -0.15) is 0 Å². The second kappa shape index (κ2) is 11.8. The van der Waals surface area contributed by atoms with Crippen molar-refractivity contribution in [1.82, 2.24) is 20.2 Å². The van der Waals surface area contributed by atoms with Crippen molar-refractivity contribution in [2.75, 3.05) is 31.1 Å². The number of hydrogen-bond acceptors (Lipinski definition) is 6. The monoisotopic (exact) mass is 496 g/mol. The lowest BCUT2D eigenvalue weighted by atomic mass is 10.0. The van der Waals surface area contributed by atoms with Gasteiger partial charge in [-0.25, -0.2) is 9.83 Å². The molecule has 8 nitrogen and oxygen atoms in total. The largest absolute Gasteiger partial charge is 0.489 e. The lowest BCUT2D eigenvalue weighted by Crippen LogP contribution is -2.44.